The predicted octanol–water partition coefficient (Wildman–Crippen LogP) is 1.20. The van der Waals surface area contributed by atoms with Gasteiger partial charge in [-0.05, 0) is 31.5 Å². The Bertz CT molecular complexity index is 517. The van der Waals surface area contributed by atoms with Crippen LogP contribution in [-0.4, -0.2) is 44.5 Å². The van der Waals surface area contributed by atoms with Crippen LogP contribution in [0.3, 0.4) is 0 Å². The van der Waals surface area contributed by atoms with Crippen LogP contribution in [0.5, 0.6) is 5.75 Å². The van der Waals surface area contributed by atoms with Crippen molar-refractivity contribution in [1.29, 1.82) is 0 Å². The number of aliphatic hydroxyl groups is 1. The molecule has 0 fully saturated rings. The second-order valence-corrected chi connectivity index (χ2v) is 4.18. The Kier molecular flexibility index (Phi) is 7.95. The molecule has 2 N–H and O–H groups in total. The Hall–Kier alpha value is -2.03. The number of benzene rings is 1. The number of hydrogen-bond donors (Lipinski definition) is 2. The lowest BCUT2D eigenvalue weighted by Crippen LogP contribution is -2.25. The van der Waals surface area contributed by atoms with E-state index >= 15 is 0 Å². The molecule has 1 aromatic rings. The first-order chi connectivity index (χ1) is 10.2. The highest BCUT2D eigenvalue weighted by Crippen LogP contribution is 2.18. The Morgan fingerprint density at radius 3 is 2.90 bits per heavy atom. The molecule has 0 bridgehead atoms. The Morgan fingerprint density at radius 2 is 2.24 bits per heavy atom. The van der Waals surface area contributed by atoms with Gasteiger partial charge in [0, 0.05) is 25.3 Å². The van der Waals surface area contributed by atoms with Crippen molar-refractivity contribution < 1.29 is 19.4 Å². The number of nitrogens with one attached hydrogen (secondary N) is 1. The molecule has 1 rings (SSSR count). The summed E-state index contributed by atoms with van der Waals surface area (Å²) in [5, 5.41) is 11.6. The summed E-state index contributed by atoms with van der Waals surface area (Å²) in [7, 11) is 1.53. The van der Waals surface area contributed by atoms with E-state index in [-0.39, 0.29) is 12.5 Å². The van der Waals surface area contributed by atoms with Crippen LogP contribution in [0.1, 0.15) is 29.3 Å². The number of aliphatic hydroxyl groups excluding tert-OH is 1. The molecule has 0 aliphatic rings. The molecule has 0 radical (unpaired) electrons. The van der Waals surface area contributed by atoms with Crippen LogP contribution >= 0.6 is 0 Å². The highest BCUT2D eigenvalue weighted by Gasteiger charge is 2.08. The van der Waals surface area contributed by atoms with Crippen LogP contribution in [-0.2, 0) is 4.74 Å². The molecule has 0 saturated heterocycles. The molecule has 0 aliphatic heterocycles. The van der Waals surface area contributed by atoms with Crippen LogP contribution in [0.15, 0.2) is 18.2 Å². The zero-order valence-corrected chi connectivity index (χ0v) is 12.4. The van der Waals surface area contributed by atoms with Gasteiger partial charge in [-0.15, -0.1) is 0 Å². The Morgan fingerprint density at radius 1 is 1.43 bits per heavy atom. The fourth-order valence-electron chi connectivity index (χ4n) is 1.70. The number of ether oxygens (including phenoxy) is 2. The SMILES string of the molecule is CCOCCCNC(=O)c1ccc(OC)c(C#CCO)c1. The molecule has 21 heavy (non-hydrogen) atoms. The summed E-state index contributed by atoms with van der Waals surface area (Å²) in [5.74, 6) is 5.72. The van der Waals surface area contributed by atoms with Gasteiger partial charge in [0.15, 0.2) is 0 Å². The molecular formula is C16H21NO4. The quantitative estimate of drug-likeness (QED) is 0.585. The van der Waals surface area contributed by atoms with E-state index in [1.165, 1.54) is 7.11 Å². The van der Waals surface area contributed by atoms with Crippen molar-refractivity contribution in [2.75, 3.05) is 33.5 Å². The van der Waals surface area contributed by atoms with Crippen molar-refractivity contribution in [3.8, 4) is 17.6 Å². The average molecular weight is 291 g/mol. The van der Waals surface area contributed by atoms with Gasteiger partial charge in [0.05, 0.1) is 12.7 Å². The van der Waals surface area contributed by atoms with Crippen LogP contribution in [0.2, 0.25) is 0 Å². The van der Waals surface area contributed by atoms with Gasteiger partial charge in [0.2, 0.25) is 0 Å². The molecule has 5 nitrogen and oxygen atoms in total. The molecule has 114 valence electrons. The second-order valence-electron chi connectivity index (χ2n) is 4.18. The number of hydrogen-bond acceptors (Lipinski definition) is 4. The lowest BCUT2D eigenvalue weighted by molar-refractivity contribution is 0.0944. The molecular weight excluding hydrogens is 270 g/mol. The summed E-state index contributed by atoms with van der Waals surface area (Å²) in [6, 6.07) is 5.02. The molecule has 1 amide bonds. The summed E-state index contributed by atoms with van der Waals surface area (Å²) >= 11 is 0. The normalized spacial score (nSPS) is 9.67. The maximum Gasteiger partial charge on any atom is 0.251 e. The second kappa shape index (κ2) is 9.81. The first-order valence-corrected chi connectivity index (χ1v) is 6.86. The van der Waals surface area contributed by atoms with Gasteiger partial charge in [-0.3, -0.25) is 4.79 Å². The van der Waals surface area contributed by atoms with E-state index in [1.54, 1.807) is 18.2 Å². The number of rotatable bonds is 7. The summed E-state index contributed by atoms with van der Waals surface area (Å²) < 4.78 is 10.4. The zero-order valence-electron chi connectivity index (χ0n) is 12.4. The molecule has 0 spiro atoms. The van der Waals surface area contributed by atoms with Gasteiger partial charge >= 0.3 is 0 Å². The van der Waals surface area contributed by atoms with Gasteiger partial charge < -0.3 is 19.9 Å². The lowest BCUT2D eigenvalue weighted by atomic mass is 10.1. The standard InChI is InChI=1S/C16H21NO4/c1-3-21-11-5-9-17-16(19)14-7-8-15(20-2)13(12-14)6-4-10-18/h7-8,12,18H,3,5,9-11H2,1-2H3,(H,17,19). The smallest absolute Gasteiger partial charge is 0.251 e. The van der Waals surface area contributed by atoms with E-state index in [0.717, 1.165) is 6.42 Å². The highest BCUT2D eigenvalue weighted by atomic mass is 16.5. The molecule has 0 heterocycles. The predicted molar refractivity (Wildman–Crippen MR) is 80.4 cm³/mol. The maximum atomic E-state index is 12.0. The number of carbonyl (C=O) groups is 1. The van der Waals surface area contributed by atoms with Crippen LogP contribution < -0.4 is 10.1 Å². The minimum Gasteiger partial charge on any atom is -0.495 e. The van der Waals surface area contributed by atoms with E-state index in [2.05, 4.69) is 17.2 Å². The van der Waals surface area contributed by atoms with E-state index < -0.39 is 0 Å². The van der Waals surface area contributed by atoms with E-state index in [0.29, 0.717) is 36.6 Å². The minimum atomic E-state index is -0.239. The molecule has 0 aliphatic carbocycles. The third-order valence-electron chi connectivity index (χ3n) is 2.72. The topological polar surface area (TPSA) is 67.8 Å². The Balaban J connectivity index is 2.67. The van der Waals surface area contributed by atoms with Crippen molar-refractivity contribution in [2.24, 2.45) is 0 Å². The molecule has 0 saturated carbocycles. The molecule has 1 aromatic carbocycles. The highest BCUT2D eigenvalue weighted by molar-refractivity contribution is 5.94. The van der Waals surface area contributed by atoms with Gasteiger partial charge in [-0.1, -0.05) is 11.8 Å². The summed E-state index contributed by atoms with van der Waals surface area (Å²) in [4.78, 5) is 12.0. The summed E-state index contributed by atoms with van der Waals surface area (Å²) in [6.45, 7) is 3.57. The third kappa shape index (κ3) is 5.86. The summed E-state index contributed by atoms with van der Waals surface area (Å²) in [6.07, 6.45) is 0.771. The zero-order chi connectivity index (χ0) is 15.5. The third-order valence-corrected chi connectivity index (χ3v) is 2.72. The number of methoxy groups -OCH3 is 1. The van der Waals surface area contributed by atoms with E-state index in [4.69, 9.17) is 14.6 Å². The van der Waals surface area contributed by atoms with Crippen LogP contribution in [0, 0.1) is 11.8 Å². The van der Waals surface area contributed by atoms with Crippen molar-refractivity contribution in [2.45, 2.75) is 13.3 Å². The Labute approximate surface area is 125 Å². The van der Waals surface area contributed by atoms with Crippen molar-refractivity contribution in [3.63, 3.8) is 0 Å². The summed E-state index contributed by atoms with van der Waals surface area (Å²) in [5.41, 5.74) is 1.09. The van der Waals surface area contributed by atoms with E-state index in [1.807, 2.05) is 6.92 Å². The lowest BCUT2D eigenvalue weighted by Gasteiger charge is -2.08. The fourth-order valence-corrected chi connectivity index (χ4v) is 1.70. The first-order valence-electron chi connectivity index (χ1n) is 6.86. The van der Waals surface area contributed by atoms with Crippen molar-refractivity contribution in [3.05, 3.63) is 29.3 Å². The molecule has 0 aromatic heterocycles. The van der Waals surface area contributed by atoms with Gasteiger partial charge in [-0.25, -0.2) is 0 Å². The fraction of sp³-hybridized carbons (Fsp3) is 0.438. The average Bonchev–Trinajstić information content (AvgIpc) is 2.52. The monoisotopic (exact) mass is 291 g/mol. The number of amides is 1. The molecule has 0 unspecified atom stereocenters. The molecule has 0 atom stereocenters. The largest absolute Gasteiger partial charge is 0.495 e. The minimum absolute atomic E-state index is 0.166. The maximum absolute atomic E-state index is 12.0. The van der Waals surface area contributed by atoms with Gasteiger partial charge in [0.25, 0.3) is 5.91 Å². The first kappa shape index (κ1) is 17.0. The molecule has 5 heteroatoms. The van der Waals surface area contributed by atoms with Crippen LogP contribution in [0.25, 0.3) is 0 Å². The van der Waals surface area contributed by atoms with E-state index in [9.17, 15) is 4.79 Å². The van der Waals surface area contributed by atoms with Crippen LogP contribution in [0.4, 0.5) is 0 Å². The van der Waals surface area contributed by atoms with Crippen molar-refractivity contribution in [1.82, 2.24) is 5.32 Å². The van der Waals surface area contributed by atoms with Gasteiger partial charge in [-0.2, -0.15) is 0 Å². The van der Waals surface area contributed by atoms with Gasteiger partial charge in [0.1, 0.15) is 12.4 Å². The number of carbonyl (C=O) groups excluding carboxylic acids is 1. The van der Waals surface area contributed by atoms with Crippen molar-refractivity contribution >= 4 is 5.91 Å².